The van der Waals surface area contributed by atoms with Gasteiger partial charge in [-0.25, -0.2) is 4.98 Å². The van der Waals surface area contributed by atoms with E-state index in [0.29, 0.717) is 0 Å². The summed E-state index contributed by atoms with van der Waals surface area (Å²) < 4.78 is 0. The Kier molecular flexibility index (Phi) is 3.19. The van der Waals surface area contributed by atoms with Crippen LogP contribution in [0.5, 0.6) is 0 Å². The third-order valence-corrected chi connectivity index (χ3v) is 1.06. The van der Waals surface area contributed by atoms with Crippen LogP contribution in [0.2, 0.25) is 0 Å². The van der Waals surface area contributed by atoms with Crippen LogP contribution in [0.4, 0.5) is 5.95 Å². The average molecular weight is 181 g/mol. The predicted molar refractivity (Wildman–Crippen MR) is 43.8 cm³/mol. The minimum Gasteiger partial charge on any atom is -0.390 e. The molecule has 0 bridgehead atoms. The molecule has 13 heavy (non-hydrogen) atoms. The summed E-state index contributed by atoms with van der Waals surface area (Å²) in [4.78, 5) is 14.9. The highest BCUT2D eigenvalue weighted by Crippen LogP contribution is 1.96. The summed E-state index contributed by atoms with van der Waals surface area (Å²) in [5.41, 5.74) is 0. The third kappa shape index (κ3) is 3.14. The van der Waals surface area contributed by atoms with Crippen molar-refractivity contribution in [3.05, 3.63) is 41.0 Å². The summed E-state index contributed by atoms with van der Waals surface area (Å²) in [6.07, 6.45) is 6.19. The first-order valence-corrected chi connectivity index (χ1v) is 3.38. The number of nitrogens with zero attached hydrogens (tertiary/aromatic N) is 3. The van der Waals surface area contributed by atoms with E-state index in [1.165, 1.54) is 12.4 Å². The van der Waals surface area contributed by atoms with Crippen LogP contribution >= 0.6 is 0 Å². The number of hydrogen-bond acceptors (Lipinski definition) is 4. The molecule has 2 aromatic rings. The van der Waals surface area contributed by atoms with Gasteiger partial charge >= 0.3 is 5.95 Å². The molecule has 2 N–H and O–H groups in total. The Balaban J connectivity index is 0.000000145. The molecule has 0 unspecified atom stereocenters. The van der Waals surface area contributed by atoms with Gasteiger partial charge in [0.1, 0.15) is 6.20 Å². The zero-order chi connectivity index (χ0) is 9.52. The van der Waals surface area contributed by atoms with E-state index in [1.807, 2.05) is 6.07 Å². The highest BCUT2D eigenvalue weighted by atomic mass is 16.6. The van der Waals surface area contributed by atoms with Crippen molar-refractivity contribution in [1.29, 1.82) is 0 Å². The van der Waals surface area contributed by atoms with E-state index in [0.717, 1.165) is 0 Å². The summed E-state index contributed by atoms with van der Waals surface area (Å²) in [6, 6.07) is 1.83. The fraction of sp³-hybridized carbons (Fsp3) is 0. The third-order valence-electron chi connectivity index (χ3n) is 1.06. The number of H-pyrrole nitrogens is 2. The van der Waals surface area contributed by atoms with Crippen molar-refractivity contribution < 1.29 is 4.92 Å². The summed E-state index contributed by atoms with van der Waals surface area (Å²) >= 11 is 0. The molecule has 0 spiro atoms. The molecule has 0 atom stereocenters. The van der Waals surface area contributed by atoms with E-state index in [2.05, 4.69) is 20.2 Å². The Morgan fingerprint density at radius 3 is 2.46 bits per heavy atom. The van der Waals surface area contributed by atoms with Gasteiger partial charge in [-0.1, -0.05) is 4.98 Å². The molecule has 2 heterocycles. The van der Waals surface area contributed by atoms with Gasteiger partial charge in [-0.05, 0) is 11.0 Å². The molecule has 0 saturated carbocycles. The first kappa shape index (κ1) is 8.91. The average Bonchev–Trinajstić information content (AvgIpc) is 2.82. The summed E-state index contributed by atoms with van der Waals surface area (Å²) in [6.45, 7) is 0. The number of nitrogens with one attached hydrogen (secondary N) is 2. The Morgan fingerprint density at radius 1 is 1.38 bits per heavy atom. The molecule has 68 valence electrons. The fourth-order valence-electron chi connectivity index (χ4n) is 0.572. The van der Waals surface area contributed by atoms with Crippen LogP contribution in [-0.2, 0) is 0 Å². The van der Waals surface area contributed by atoms with E-state index >= 15 is 0 Å². The molecule has 0 aliphatic heterocycles. The normalized spacial score (nSPS) is 8.62. The number of hydrogen-bond donors (Lipinski definition) is 2. The minimum atomic E-state index is -0.583. The molecular weight excluding hydrogens is 174 g/mol. The lowest BCUT2D eigenvalue weighted by Gasteiger charge is -1.83. The molecule has 0 saturated heterocycles. The number of imidazole rings is 1. The predicted octanol–water partition coefficient (Wildman–Crippen LogP) is 0.728. The molecule has 0 aliphatic carbocycles. The maximum Gasteiger partial charge on any atom is 0.432 e. The fourth-order valence-corrected chi connectivity index (χ4v) is 0.572. The molecular formula is C6H7N5O2. The van der Waals surface area contributed by atoms with Crippen LogP contribution in [0, 0.1) is 10.1 Å². The van der Waals surface area contributed by atoms with Crippen LogP contribution in [0.1, 0.15) is 0 Å². The number of nitro groups is 1. The first-order chi connectivity index (χ1) is 6.30. The Morgan fingerprint density at radius 2 is 2.23 bits per heavy atom. The van der Waals surface area contributed by atoms with Gasteiger partial charge in [0, 0.05) is 12.4 Å². The number of aromatic nitrogens is 4. The Bertz CT molecular complexity index is 311. The van der Waals surface area contributed by atoms with Crippen LogP contribution in [-0.4, -0.2) is 25.1 Å². The maximum absolute atomic E-state index is 9.77. The van der Waals surface area contributed by atoms with Crippen molar-refractivity contribution in [3.8, 4) is 0 Å². The SMILES string of the molecule is O=[N+]([O-])c1ncc[nH]1.c1cn[nH]c1. The van der Waals surface area contributed by atoms with Gasteiger partial charge < -0.3 is 10.1 Å². The quantitative estimate of drug-likeness (QED) is 0.500. The number of aromatic amines is 2. The molecule has 7 heteroatoms. The van der Waals surface area contributed by atoms with Crippen LogP contribution < -0.4 is 0 Å². The molecule has 2 aromatic heterocycles. The van der Waals surface area contributed by atoms with Crippen LogP contribution in [0.15, 0.2) is 30.9 Å². The Hall–Kier alpha value is -2.18. The van der Waals surface area contributed by atoms with Gasteiger partial charge in [0.2, 0.25) is 0 Å². The smallest absolute Gasteiger partial charge is 0.390 e. The van der Waals surface area contributed by atoms with Gasteiger partial charge in [-0.3, -0.25) is 5.10 Å². The van der Waals surface area contributed by atoms with E-state index in [4.69, 9.17) is 0 Å². The van der Waals surface area contributed by atoms with Gasteiger partial charge in [0.25, 0.3) is 0 Å². The van der Waals surface area contributed by atoms with Crippen molar-refractivity contribution in [2.75, 3.05) is 0 Å². The molecule has 0 radical (unpaired) electrons. The molecule has 0 amide bonds. The van der Waals surface area contributed by atoms with Crippen LogP contribution in [0.25, 0.3) is 0 Å². The highest BCUT2D eigenvalue weighted by Gasteiger charge is 2.01. The summed E-state index contributed by atoms with van der Waals surface area (Å²) in [5.74, 6) is -0.218. The van der Waals surface area contributed by atoms with Crippen molar-refractivity contribution >= 4 is 5.95 Å². The lowest BCUT2D eigenvalue weighted by atomic mass is 10.8. The topological polar surface area (TPSA) is 100 Å². The monoisotopic (exact) mass is 181 g/mol. The lowest BCUT2D eigenvalue weighted by molar-refractivity contribution is -0.393. The maximum atomic E-state index is 9.77. The number of rotatable bonds is 1. The van der Waals surface area contributed by atoms with E-state index in [9.17, 15) is 10.1 Å². The molecule has 0 aromatic carbocycles. The Labute approximate surface area is 73.0 Å². The van der Waals surface area contributed by atoms with Gasteiger partial charge in [0.05, 0.1) is 6.20 Å². The zero-order valence-corrected chi connectivity index (χ0v) is 6.54. The second-order valence-corrected chi connectivity index (χ2v) is 1.94. The largest absolute Gasteiger partial charge is 0.432 e. The molecule has 7 nitrogen and oxygen atoms in total. The van der Waals surface area contributed by atoms with E-state index < -0.39 is 4.92 Å². The standard InChI is InChI=1S/C3H3N3O2.C3H4N2/c7-6(8)3-4-1-2-5-3;1-2-4-5-3-1/h1-2H,(H,4,5);1-3H,(H,4,5). The minimum absolute atomic E-state index is 0.218. The van der Waals surface area contributed by atoms with Gasteiger partial charge in [-0.2, -0.15) is 5.10 Å². The molecule has 0 aliphatic rings. The van der Waals surface area contributed by atoms with E-state index in [-0.39, 0.29) is 5.95 Å². The van der Waals surface area contributed by atoms with Crippen LogP contribution in [0.3, 0.4) is 0 Å². The highest BCUT2D eigenvalue weighted by molar-refractivity contribution is 5.00. The van der Waals surface area contributed by atoms with Crippen molar-refractivity contribution in [1.82, 2.24) is 20.2 Å². The second-order valence-electron chi connectivity index (χ2n) is 1.94. The summed E-state index contributed by atoms with van der Waals surface area (Å²) in [5, 5.41) is 16.0. The van der Waals surface area contributed by atoms with Crippen molar-refractivity contribution in [3.63, 3.8) is 0 Å². The molecule has 0 fully saturated rings. The van der Waals surface area contributed by atoms with Gasteiger partial charge in [-0.15, -0.1) is 0 Å². The van der Waals surface area contributed by atoms with Crippen molar-refractivity contribution in [2.24, 2.45) is 0 Å². The van der Waals surface area contributed by atoms with Crippen molar-refractivity contribution in [2.45, 2.75) is 0 Å². The van der Waals surface area contributed by atoms with Gasteiger partial charge in [0.15, 0.2) is 0 Å². The molecule has 2 rings (SSSR count). The lowest BCUT2D eigenvalue weighted by Crippen LogP contribution is -1.88. The summed E-state index contributed by atoms with van der Waals surface area (Å²) in [7, 11) is 0. The van der Waals surface area contributed by atoms with E-state index in [1.54, 1.807) is 12.4 Å². The second kappa shape index (κ2) is 4.65. The zero-order valence-electron chi connectivity index (χ0n) is 6.54. The first-order valence-electron chi connectivity index (χ1n) is 3.38.